The first-order valence-corrected chi connectivity index (χ1v) is 7.16. The summed E-state index contributed by atoms with van der Waals surface area (Å²) in [5.74, 6) is 0.320. The molecule has 0 radical (unpaired) electrons. The highest BCUT2D eigenvalue weighted by atomic mass is 35.5. The van der Waals surface area contributed by atoms with E-state index in [1.54, 1.807) is 18.2 Å². The van der Waals surface area contributed by atoms with Crippen LogP contribution in [-0.2, 0) is 0 Å². The molecule has 1 aliphatic rings. The summed E-state index contributed by atoms with van der Waals surface area (Å²) < 4.78 is 0. The van der Waals surface area contributed by atoms with Crippen molar-refractivity contribution >= 4 is 17.5 Å². The van der Waals surface area contributed by atoms with E-state index >= 15 is 0 Å². The molecule has 1 fully saturated rings. The Balaban J connectivity index is 1.88. The van der Waals surface area contributed by atoms with E-state index < -0.39 is 0 Å². The standard InChI is InChI=1S/C15H20ClNO2/c1-10-7-12(5-6-14(10)16)15(19)17-9-11-3-2-4-13(18)8-11/h5-7,11,13,18H,2-4,8-9H2,1H3,(H,17,19). The smallest absolute Gasteiger partial charge is 0.251 e. The van der Waals surface area contributed by atoms with Crippen molar-refractivity contribution in [2.45, 2.75) is 38.7 Å². The number of aryl methyl sites for hydroxylation is 1. The van der Waals surface area contributed by atoms with Gasteiger partial charge in [0.05, 0.1) is 6.10 Å². The van der Waals surface area contributed by atoms with Crippen LogP contribution in [0.5, 0.6) is 0 Å². The Morgan fingerprint density at radius 1 is 1.47 bits per heavy atom. The summed E-state index contributed by atoms with van der Waals surface area (Å²) in [6.45, 7) is 2.52. The van der Waals surface area contributed by atoms with Gasteiger partial charge >= 0.3 is 0 Å². The number of carbonyl (C=O) groups excluding carboxylic acids is 1. The minimum Gasteiger partial charge on any atom is -0.393 e. The zero-order valence-electron chi connectivity index (χ0n) is 11.2. The molecule has 19 heavy (non-hydrogen) atoms. The molecule has 1 amide bonds. The molecule has 1 aromatic rings. The van der Waals surface area contributed by atoms with E-state index in [2.05, 4.69) is 5.32 Å². The Bertz CT molecular complexity index is 461. The molecular formula is C15H20ClNO2. The van der Waals surface area contributed by atoms with E-state index in [1.165, 1.54) is 0 Å². The minimum absolute atomic E-state index is 0.0696. The number of hydrogen-bond acceptors (Lipinski definition) is 2. The van der Waals surface area contributed by atoms with Gasteiger partial charge in [0.1, 0.15) is 0 Å². The maximum Gasteiger partial charge on any atom is 0.251 e. The molecule has 3 nitrogen and oxygen atoms in total. The average Bonchev–Trinajstić information content (AvgIpc) is 2.39. The van der Waals surface area contributed by atoms with Gasteiger partial charge in [-0.05, 0) is 55.9 Å². The predicted octanol–water partition coefficient (Wildman–Crippen LogP) is 2.93. The van der Waals surface area contributed by atoms with Crippen LogP contribution >= 0.6 is 11.6 Å². The number of rotatable bonds is 3. The zero-order valence-corrected chi connectivity index (χ0v) is 11.9. The van der Waals surface area contributed by atoms with Gasteiger partial charge in [-0.3, -0.25) is 4.79 Å². The first-order valence-electron chi connectivity index (χ1n) is 6.78. The molecule has 104 valence electrons. The zero-order chi connectivity index (χ0) is 13.8. The summed E-state index contributed by atoms with van der Waals surface area (Å²) in [4.78, 5) is 12.0. The fourth-order valence-corrected chi connectivity index (χ4v) is 2.69. The fraction of sp³-hybridized carbons (Fsp3) is 0.533. The molecule has 0 heterocycles. The van der Waals surface area contributed by atoms with E-state index in [1.807, 2.05) is 6.92 Å². The Kier molecular flexibility index (Phi) is 4.83. The second-order valence-electron chi connectivity index (χ2n) is 5.36. The maximum absolute atomic E-state index is 12.0. The summed E-state index contributed by atoms with van der Waals surface area (Å²) in [7, 11) is 0. The summed E-state index contributed by atoms with van der Waals surface area (Å²) in [6, 6.07) is 5.28. The van der Waals surface area contributed by atoms with Crippen molar-refractivity contribution in [1.82, 2.24) is 5.32 Å². The first-order chi connectivity index (χ1) is 9.06. The van der Waals surface area contributed by atoms with Crippen LogP contribution in [0.1, 0.15) is 41.6 Å². The van der Waals surface area contributed by atoms with Crippen LogP contribution in [0.4, 0.5) is 0 Å². The van der Waals surface area contributed by atoms with Gasteiger partial charge in [0.2, 0.25) is 0 Å². The van der Waals surface area contributed by atoms with Gasteiger partial charge in [0.25, 0.3) is 5.91 Å². The van der Waals surface area contributed by atoms with Crippen molar-refractivity contribution in [1.29, 1.82) is 0 Å². The van der Waals surface area contributed by atoms with Crippen molar-refractivity contribution in [3.8, 4) is 0 Å². The molecule has 0 aliphatic heterocycles. The first kappa shape index (κ1) is 14.4. The third-order valence-corrected chi connectivity index (χ3v) is 4.15. The van der Waals surface area contributed by atoms with E-state index in [-0.39, 0.29) is 12.0 Å². The predicted molar refractivity (Wildman–Crippen MR) is 76.5 cm³/mol. The van der Waals surface area contributed by atoms with Crippen LogP contribution in [0.2, 0.25) is 5.02 Å². The molecule has 2 atom stereocenters. The van der Waals surface area contributed by atoms with Gasteiger partial charge in [0.15, 0.2) is 0 Å². The third-order valence-electron chi connectivity index (χ3n) is 3.73. The second kappa shape index (κ2) is 6.40. The Morgan fingerprint density at radius 2 is 2.26 bits per heavy atom. The van der Waals surface area contributed by atoms with Crippen molar-refractivity contribution < 1.29 is 9.90 Å². The van der Waals surface area contributed by atoms with E-state index in [0.29, 0.717) is 23.0 Å². The summed E-state index contributed by atoms with van der Waals surface area (Å²) >= 11 is 5.94. The topological polar surface area (TPSA) is 49.3 Å². The minimum atomic E-state index is -0.201. The van der Waals surface area contributed by atoms with Crippen LogP contribution < -0.4 is 5.32 Å². The molecule has 0 aromatic heterocycles. The molecule has 2 unspecified atom stereocenters. The second-order valence-corrected chi connectivity index (χ2v) is 5.77. The van der Waals surface area contributed by atoms with Crippen LogP contribution in [0, 0.1) is 12.8 Å². The molecule has 1 aromatic carbocycles. The van der Waals surface area contributed by atoms with Crippen LogP contribution in [0.15, 0.2) is 18.2 Å². The number of amides is 1. The number of carbonyl (C=O) groups is 1. The lowest BCUT2D eigenvalue weighted by molar-refractivity contribution is 0.0874. The fourth-order valence-electron chi connectivity index (χ4n) is 2.57. The Labute approximate surface area is 119 Å². The van der Waals surface area contributed by atoms with E-state index in [4.69, 9.17) is 11.6 Å². The quantitative estimate of drug-likeness (QED) is 0.895. The summed E-state index contributed by atoms with van der Waals surface area (Å²) in [5, 5.41) is 13.2. The number of aliphatic hydroxyl groups is 1. The van der Waals surface area contributed by atoms with Gasteiger partial charge in [-0.1, -0.05) is 18.0 Å². The van der Waals surface area contributed by atoms with Crippen LogP contribution in [0.3, 0.4) is 0 Å². The SMILES string of the molecule is Cc1cc(C(=O)NCC2CCCC(O)C2)ccc1Cl. The maximum atomic E-state index is 12.0. The highest BCUT2D eigenvalue weighted by Crippen LogP contribution is 2.23. The number of benzene rings is 1. The van der Waals surface area contributed by atoms with Crippen molar-refractivity contribution in [3.05, 3.63) is 34.3 Å². The average molecular weight is 282 g/mol. The van der Waals surface area contributed by atoms with Gasteiger partial charge in [-0.2, -0.15) is 0 Å². The summed E-state index contributed by atoms with van der Waals surface area (Å²) in [5.41, 5.74) is 1.54. The Hall–Kier alpha value is -1.06. The molecule has 0 spiro atoms. The molecule has 1 aliphatic carbocycles. The largest absolute Gasteiger partial charge is 0.393 e. The normalized spacial score (nSPS) is 23.1. The molecular weight excluding hydrogens is 262 g/mol. The van der Waals surface area contributed by atoms with Gasteiger partial charge < -0.3 is 10.4 Å². The van der Waals surface area contributed by atoms with Crippen molar-refractivity contribution in [2.24, 2.45) is 5.92 Å². The number of aliphatic hydroxyl groups excluding tert-OH is 1. The number of halogens is 1. The highest BCUT2D eigenvalue weighted by Gasteiger charge is 2.20. The Morgan fingerprint density at radius 3 is 2.95 bits per heavy atom. The van der Waals surface area contributed by atoms with Crippen LogP contribution in [-0.4, -0.2) is 23.7 Å². The van der Waals surface area contributed by atoms with E-state index in [9.17, 15) is 9.90 Å². The monoisotopic (exact) mass is 281 g/mol. The number of nitrogens with one attached hydrogen (secondary N) is 1. The van der Waals surface area contributed by atoms with Gasteiger partial charge in [-0.15, -0.1) is 0 Å². The molecule has 2 rings (SSSR count). The molecule has 2 N–H and O–H groups in total. The van der Waals surface area contributed by atoms with Gasteiger partial charge in [-0.25, -0.2) is 0 Å². The highest BCUT2D eigenvalue weighted by molar-refractivity contribution is 6.31. The lowest BCUT2D eigenvalue weighted by Gasteiger charge is -2.25. The lowest BCUT2D eigenvalue weighted by Crippen LogP contribution is -2.33. The third kappa shape index (κ3) is 3.95. The molecule has 0 saturated heterocycles. The van der Waals surface area contributed by atoms with E-state index in [0.717, 1.165) is 31.2 Å². The van der Waals surface area contributed by atoms with Crippen LogP contribution in [0.25, 0.3) is 0 Å². The number of hydrogen-bond donors (Lipinski definition) is 2. The van der Waals surface area contributed by atoms with Crippen molar-refractivity contribution in [2.75, 3.05) is 6.54 Å². The molecule has 1 saturated carbocycles. The lowest BCUT2D eigenvalue weighted by atomic mass is 9.87. The molecule has 0 bridgehead atoms. The van der Waals surface area contributed by atoms with Gasteiger partial charge in [0, 0.05) is 17.1 Å². The summed E-state index contributed by atoms with van der Waals surface area (Å²) in [6.07, 6.45) is 3.60. The molecule has 4 heteroatoms. The van der Waals surface area contributed by atoms with Crippen molar-refractivity contribution in [3.63, 3.8) is 0 Å².